The van der Waals surface area contributed by atoms with E-state index in [9.17, 15) is 9.18 Å². The highest BCUT2D eigenvalue weighted by atomic mass is 19.1. The Morgan fingerprint density at radius 2 is 2.33 bits per heavy atom. The zero-order valence-corrected chi connectivity index (χ0v) is 12.2. The van der Waals surface area contributed by atoms with Crippen LogP contribution < -0.4 is 11.1 Å². The minimum Gasteiger partial charge on any atom is -0.374 e. The lowest BCUT2D eigenvalue weighted by Crippen LogP contribution is -2.50. The highest BCUT2D eigenvalue weighted by molar-refractivity contribution is 5.90. The van der Waals surface area contributed by atoms with Gasteiger partial charge in [0.15, 0.2) is 0 Å². The Balaban J connectivity index is 1.77. The number of carbonyl (C=O) groups excluding carboxylic acids is 1. The van der Waals surface area contributed by atoms with Crippen LogP contribution in [0.25, 0.3) is 0 Å². The van der Waals surface area contributed by atoms with Crippen molar-refractivity contribution >= 4 is 11.6 Å². The number of hydrogen-bond acceptors (Lipinski definition) is 4. The minimum absolute atomic E-state index is 0.00776. The molecule has 0 aliphatic carbocycles. The van der Waals surface area contributed by atoms with E-state index in [0.717, 1.165) is 13.1 Å². The van der Waals surface area contributed by atoms with E-state index in [2.05, 4.69) is 10.2 Å². The number of carbonyl (C=O) groups is 1. The number of morpholine rings is 1. The molecule has 0 aromatic heterocycles. The summed E-state index contributed by atoms with van der Waals surface area (Å²) < 4.78 is 19.0. The van der Waals surface area contributed by atoms with Crippen molar-refractivity contribution in [2.75, 3.05) is 31.6 Å². The number of nitrogens with zero attached hydrogens (tertiary/aromatic N) is 1. The van der Waals surface area contributed by atoms with Gasteiger partial charge in [0.2, 0.25) is 5.91 Å². The topological polar surface area (TPSA) is 67.6 Å². The summed E-state index contributed by atoms with van der Waals surface area (Å²) in [5, 5.41) is 2.59. The van der Waals surface area contributed by atoms with Crippen molar-refractivity contribution in [1.82, 2.24) is 4.90 Å². The highest BCUT2D eigenvalue weighted by Gasteiger charge is 2.23. The molecule has 1 aromatic rings. The summed E-state index contributed by atoms with van der Waals surface area (Å²) in [6.45, 7) is 4.67. The minimum atomic E-state index is -0.422. The van der Waals surface area contributed by atoms with Crippen molar-refractivity contribution in [2.24, 2.45) is 5.73 Å². The van der Waals surface area contributed by atoms with E-state index in [1.807, 2.05) is 6.92 Å². The smallest absolute Gasteiger partial charge is 0.225 e. The first-order valence-electron chi connectivity index (χ1n) is 7.20. The number of halogens is 1. The number of amides is 1. The van der Waals surface area contributed by atoms with E-state index in [4.69, 9.17) is 10.5 Å². The predicted octanol–water partition coefficient (Wildman–Crippen LogP) is 1.20. The third-order valence-electron chi connectivity index (χ3n) is 3.57. The molecular weight excluding hydrogens is 273 g/mol. The summed E-state index contributed by atoms with van der Waals surface area (Å²) in [6.07, 6.45) is 0.327. The van der Waals surface area contributed by atoms with Crippen molar-refractivity contribution in [2.45, 2.75) is 25.5 Å². The van der Waals surface area contributed by atoms with Gasteiger partial charge in [0, 0.05) is 32.1 Å². The van der Waals surface area contributed by atoms with E-state index in [-0.39, 0.29) is 23.7 Å². The number of hydrogen-bond donors (Lipinski definition) is 2. The zero-order chi connectivity index (χ0) is 15.2. The SMILES string of the molecule is CC(N)C1CN(CCC(=O)Nc2ccccc2F)CCO1. The lowest BCUT2D eigenvalue weighted by molar-refractivity contribution is -0.117. The molecule has 2 unspecified atom stereocenters. The van der Waals surface area contributed by atoms with E-state index >= 15 is 0 Å². The highest BCUT2D eigenvalue weighted by Crippen LogP contribution is 2.13. The summed E-state index contributed by atoms with van der Waals surface area (Å²) in [4.78, 5) is 14.0. The molecule has 1 aliphatic rings. The molecular formula is C15H22FN3O2. The lowest BCUT2D eigenvalue weighted by atomic mass is 10.1. The average molecular weight is 295 g/mol. The fourth-order valence-corrected chi connectivity index (χ4v) is 2.29. The summed E-state index contributed by atoms with van der Waals surface area (Å²) in [5.74, 6) is -0.613. The number of para-hydroxylation sites is 1. The van der Waals surface area contributed by atoms with Gasteiger partial charge >= 0.3 is 0 Å². The largest absolute Gasteiger partial charge is 0.374 e. The van der Waals surface area contributed by atoms with Gasteiger partial charge in [-0.3, -0.25) is 9.69 Å². The normalized spacial score (nSPS) is 21.0. The molecule has 2 rings (SSSR count). The number of nitrogens with one attached hydrogen (secondary N) is 1. The van der Waals surface area contributed by atoms with Crippen LogP contribution >= 0.6 is 0 Å². The van der Waals surface area contributed by atoms with E-state index in [0.29, 0.717) is 19.6 Å². The van der Waals surface area contributed by atoms with Crippen LogP contribution in [-0.4, -0.2) is 49.2 Å². The maximum absolute atomic E-state index is 13.4. The van der Waals surface area contributed by atoms with Crippen LogP contribution in [0.15, 0.2) is 24.3 Å². The summed E-state index contributed by atoms with van der Waals surface area (Å²) >= 11 is 0. The molecule has 1 aliphatic heterocycles. The molecule has 116 valence electrons. The number of ether oxygens (including phenoxy) is 1. The van der Waals surface area contributed by atoms with E-state index < -0.39 is 5.82 Å². The summed E-state index contributed by atoms with van der Waals surface area (Å²) in [5.41, 5.74) is 6.05. The molecule has 2 atom stereocenters. The molecule has 1 aromatic carbocycles. The first-order chi connectivity index (χ1) is 10.1. The Morgan fingerprint density at radius 1 is 1.57 bits per heavy atom. The molecule has 0 bridgehead atoms. The monoisotopic (exact) mass is 295 g/mol. The van der Waals surface area contributed by atoms with Crippen molar-refractivity contribution in [3.8, 4) is 0 Å². The van der Waals surface area contributed by atoms with Gasteiger partial charge in [-0.25, -0.2) is 4.39 Å². The first-order valence-corrected chi connectivity index (χ1v) is 7.20. The summed E-state index contributed by atoms with van der Waals surface area (Å²) in [6, 6.07) is 6.12. The Labute approximate surface area is 124 Å². The predicted molar refractivity (Wildman–Crippen MR) is 79.5 cm³/mol. The Hall–Kier alpha value is -1.50. The van der Waals surface area contributed by atoms with Gasteiger partial charge in [0.05, 0.1) is 18.4 Å². The van der Waals surface area contributed by atoms with Gasteiger partial charge in [0.25, 0.3) is 0 Å². The standard InChI is InChI=1S/C15H22FN3O2/c1-11(17)14-10-19(8-9-21-14)7-6-15(20)18-13-5-3-2-4-12(13)16/h2-5,11,14H,6-10,17H2,1H3,(H,18,20). The zero-order valence-electron chi connectivity index (χ0n) is 12.2. The van der Waals surface area contributed by atoms with Crippen LogP contribution in [0, 0.1) is 5.82 Å². The maximum Gasteiger partial charge on any atom is 0.225 e. The van der Waals surface area contributed by atoms with Crippen molar-refractivity contribution in [3.05, 3.63) is 30.1 Å². The van der Waals surface area contributed by atoms with Crippen molar-refractivity contribution < 1.29 is 13.9 Å². The molecule has 5 nitrogen and oxygen atoms in total. The third-order valence-corrected chi connectivity index (χ3v) is 3.57. The molecule has 0 radical (unpaired) electrons. The number of rotatable bonds is 5. The number of nitrogens with two attached hydrogens (primary N) is 1. The first kappa shape index (κ1) is 15.9. The second kappa shape index (κ2) is 7.49. The fourth-order valence-electron chi connectivity index (χ4n) is 2.29. The van der Waals surface area contributed by atoms with Gasteiger partial charge < -0.3 is 15.8 Å². The Morgan fingerprint density at radius 3 is 3.05 bits per heavy atom. The summed E-state index contributed by atoms with van der Waals surface area (Å²) in [7, 11) is 0. The van der Waals surface area contributed by atoms with Gasteiger partial charge in [-0.2, -0.15) is 0 Å². The quantitative estimate of drug-likeness (QED) is 0.856. The molecule has 1 saturated heterocycles. The maximum atomic E-state index is 13.4. The van der Waals surface area contributed by atoms with Crippen LogP contribution in [0.1, 0.15) is 13.3 Å². The van der Waals surface area contributed by atoms with Gasteiger partial charge in [-0.1, -0.05) is 12.1 Å². The van der Waals surface area contributed by atoms with Crippen molar-refractivity contribution in [1.29, 1.82) is 0 Å². The Bertz CT molecular complexity index is 482. The van der Waals surface area contributed by atoms with Crippen LogP contribution in [0.4, 0.5) is 10.1 Å². The number of benzene rings is 1. The third kappa shape index (κ3) is 4.77. The number of anilines is 1. The van der Waals surface area contributed by atoms with Gasteiger partial charge in [-0.15, -0.1) is 0 Å². The molecule has 0 saturated carbocycles. The average Bonchev–Trinajstić information content (AvgIpc) is 2.48. The molecule has 3 N–H and O–H groups in total. The van der Waals surface area contributed by atoms with Gasteiger partial charge in [-0.05, 0) is 19.1 Å². The second-order valence-corrected chi connectivity index (χ2v) is 5.35. The van der Waals surface area contributed by atoms with Crippen LogP contribution in [0.2, 0.25) is 0 Å². The Kier molecular flexibility index (Phi) is 5.67. The van der Waals surface area contributed by atoms with Crippen LogP contribution in [0.5, 0.6) is 0 Å². The van der Waals surface area contributed by atoms with E-state index in [1.54, 1.807) is 18.2 Å². The molecule has 6 heteroatoms. The van der Waals surface area contributed by atoms with Crippen molar-refractivity contribution in [3.63, 3.8) is 0 Å². The molecule has 1 fully saturated rings. The fraction of sp³-hybridized carbons (Fsp3) is 0.533. The molecule has 21 heavy (non-hydrogen) atoms. The molecule has 0 spiro atoms. The van der Waals surface area contributed by atoms with Crippen LogP contribution in [-0.2, 0) is 9.53 Å². The van der Waals surface area contributed by atoms with E-state index in [1.165, 1.54) is 6.07 Å². The van der Waals surface area contributed by atoms with Gasteiger partial charge in [0.1, 0.15) is 5.82 Å². The lowest BCUT2D eigenvalue weighted by Gasteiger charge is -2.34. The molecule has 1 heterocycles. The second-order valence-electron chi connectivity index (χ2n) is 5.35. The van der Waals surface area contributed by atoms with Crippen LogP contribution in [0.3, 0.4) is 0 Å². The molecule has 1 amide bonds.